The Morgan fingerprint density at radius 1 is 1.36 bits per heavy atom. The molecule has 2 saturated heterocycles. The highest BCUT2D eigenvalue weighted by Crippen LogP contribution is 2.33. The monoisotopic (exact) mass is 360 g/mol. The van der Waals surface area contributed by atoms with Crippen LogP contribution in [0.15, 0.2) is 36.7 Å². The van der Waals surface area contributed by atoms with Crippen molar-refractivity contribution in [2.45, 2.75) is 12.0 Å². The highest BCUT2D eigenvalue weighted by Gasteiger charge is 2.49. The van der Waals surface area contributed by atoms with Crippen molar-refractivity contribution < 1.29 is 14.3 Å². The lowest BCUT2D eigenvalue weighted by atomic mass is 10.0. The summed E-state index contributed by atoms with van der Waals surface area (Å²) in [6.07, 6.45) is 3.78. The molecular formula is C17H17ClN4O3. The van der Waals surface area contributed by atoms with Crippen molar-refractivity contribution in [1.29, 1.82) is 0 Å². The van der Waals surface area contributed by atoms with E-state index in [1.807, 2.05) is 12.3 Å². The van der Waals surface area contributed by atoms with E-state index in [1.165, 1.54) is 0 Å². The number of carbonyl (C=O) groups excluding carboxylic acids is 2. The molecule has 0 bridgehead atoms. The maximum Gasteiger partial charge on any atom is 0.410 e. The average molecular weight is 361 g/mol. The zero-order valence-electron chi connectivity index (χ0n) is 13.7. The lowest BCUT2D eigenvalue weighted by Gasteiger charge is -2.22. The van der Waals surface area contributed by atoms with Gasteiger partial charge in [-0.25, -0.2) is 9.48 Å². The van der Waals surface area contributed by atoms with E-state index in [0.717, 1.165) is 5.69 Å². The van der Waals surface area contributed by atoms with Crippen LogP contribution in [0, 0.1) is 0 Å². The summed E-state index contributed by atoms with van der Waals surface area (Å²) in [5, 5.41) is 4.53. The summed E-state index contributed by atoms with van der Waals surface area (Å²) < 4.78 is 7.16. The molecule has 2 aliphatic rings. The number of halogens is 1. The first-order valence-electron chi connectivity index (χ1n) is 8.00. The topological polar surface area (TPSA) is 67.7 Å². The number of likely N-dealkylation sites (tertiary alicyclic amines) is 1. The third-order valence-corrected chi connectivity index (χ3v) is 5.01. The van der Waals surface area contributed by atoms with Crippen molar-refractivity contribution in [2.75, 3.05) is 26.7 Å². The van der Waals surface area contributed by atoms with E-state index in [4.69, 9.17) is 16.3 Å². The number of amides is 2. The largest absolute Gasteiger partial charge is 0.439 e. The fraction of sp³-hybridized carbons (Fsp3) is 0.353. The van der Waals surface area contributed by atoms with Crippen LogP contribution in [-0.2, 0) is 4.74 Å². The maximum atomic E-state index is 12.8. The zero-order valence-corrected chi connectivity index (χ0v) is 14.4. The van der Waals surface area contributed by atoms with Crippen LogP contribution in [0.1, 0.15) is 16.8 Å². The summed E-state index contributed by atoms with van der Waals surface area (Å²) in [5.74, 6) is -0.153. The summed E-state index contributed by atoms with van der Waals surface area (Å²) in [6.45, 7) is 1.43. The molecule has 8 heteroatoms. The number of ether oxygens (including phenoxy) is 1. The van der Waals surface area contributed by atoms with Crippen molar-refractivity contribution in [2.24, 2.45) is 0 Å². The van der Waals surface area contributed by atoms with Gasteiger partial charge in [0, 0.05) is 32.4 Å². The quantitative estimate of drug-likeness (QED) is 0.823. The van der Waals surface area contributed by atoms with Crippen LogP contribution in [-0.4, -0.2) is 63.9 Å². The molecule has 3 heterocycles. The van der Waals surface area contributed by atoms with E-state index in [0.29, 0.717) is 36.6 Å². The second-order valence-electron chi connectivity index (χ2n) is 6.50. The highest BCUT2D eigenvalue weighted by atomic mass is 35.5. The van der Waals surface area contributed by atoms with E-state index in [1.54, 1.807) is 45.9 Å². The van der Waals surface area contributed by atoms with Crippen molar-refractivity contribution in [3.63, 3.8) is 0 Å². The Morgan fingerprint density at radius 3 is 2.84 bits per heavy atom. The number of likely N-dealkylation sites (N-methyl/N-ethyl adjacent to an activating group) is 1. The van der Waals surface area contributed by atoms with E-state index in [9.17, 15) is 9.59 Å². The van der Waals surface area contributed by atoms with Crippen molar-refractivity contribution >= 4 is 23.6 Å². The van der Waals surface area contributed by atoms with Crippen molar-refractivity contribution in [3.05, 3.63) is 47.2 Å². The standard InChI is InChI=1S/C17H17ClN4O3/c1-20-10-17(25-16(20)24)5-8-21(11-17)15(23)13-4-3-12(9-14(13)18)22-7-2-6-19-22/h2-4,6-7,9H,5,8,10-11H2,1H3/t17-/m1/s1. The van der Waals surface area contributed by atoms with Gasteiger partial charge in [0.1, 0.15) is 0 Å². The first-order chi connectivity index (χ1) is 12.0. The second kappa shape index (κ2) is 5.77. The van der Waals surface area contributed by atoms with Crippen LogP contribution in [0.3, 0.4) is 0 Å². The maximum absolute atomic E-state index is 12.8. The highest BCUT2D eigenvalue weighted by molar-refractivity contribution is 6.34. The molecule has 0 saturated carbocycles. The van der Waals surface area contributed by atoms with Crippen molar-refractivity contribution in [3.8, 4) is 5.69 Å². The predicted molar refractivity (Wildman–Crippen MR) is 90.9 cm³/mol. The Bertz CT molecular complexity index is 838. The summed E-state index contributed by atoms with van der Waals surface area (Å²) in [5.41, 5.74) is 0.631. The number of rotatable bonds is 2. The molecule has 2 aliphatic heterocycles. The number of carbonyl (C=O) groups is 2. The van der Waals surface area contributed by atoms with Crippen LogP contribution in [0.25, 0.3) is 5.69 Å². The predicted octanol–water partition coefficient (Wildman–Crippen LogP) is 2.19. The molecular weight excluding hydrogens is 344 g/mol. The van der Waals surface area contributed by atoms with Crippen LogP contribution < -0.4 is 0 Å². The zero-order chi connectivity index (χ0) is 17.6. The molecule has 2 aromatic rings. The van der Waals surface area contributed by atoms with E-state index in [-0.39, 0.29) is 12.0 Å². The molecule has 1 aromatic heterocycles. The first kappa shape index (κ1) is 16.0. The Kier molecular flexibility index (Phi) is 3.68. The molecule has 130 valence electrons. The minimum absolute atomic E-state index is 0.153. The van der Waals surface area contributed by atoms with E-state index >= 15 is 0 Å². The Hall–Kier alpha value is -2.54. The molecule has 7 nitrogen and oxygen atoms in total. The molecule has 2 amide bonds. The molecule has 4 rings (SSSR count). The molecule has 25 heavy (non-hydrogen) atoms. The van der Waals surface area contributed by atoms with Crippen LogP contribution in [0.5, 0.6) is 0 Å². The molecule has 0 aliphatic carbocycles. The number of aromatic nitrogens is 2. The van der Waals surface area contributed by atoms with Gasteiger partial charge in [-0.1, -0.05) is 11.6 Å². The third kappa shape index (κ3) is 2.74. The lowest BCUT2D eigenvalue weighted by molar-refractivity contribution is 0.0553. The van der Waals surface area contributed by atoms with Gasteiger partial charge in [-0.3, -0.25) is 4.79 Å². The van der Waals surface area contributed by atoms with Gasteiger partial charge < -0.3 is 14.5 Å². The fourth-order valence-electron chi connectivity index (χ4n) is 3.43. The van der Waals surface area contributed by atoms with Crippen LogP contribution in [0.4, 0.5) is 4.79 Å². The second-order valence-corrected chi connectivity index (χ2v) is 6.91. The number of hydrogen-bond donors (Lipinski definition) is 0. The van der Waals surface area contributed by atoms with Gasteiger partial charge in [0.15, 0.2) is 5.60 Å². The van der Waals surface area contributed by atoms with E-state index in [2.05, 4.69) is 5.10 Å². The van der Waals surface area contributed by atoms with Gasteiger partial charge in [-0.2, -0.15) is 5.10 Å². The minimum Gasteiger partial charge on any atom is -0.439 e. The minimum atomic E-state index is -0.594. The van der Waals surface area contributed by atoms with Crippen LogP contribution >= 0.6 is 11.6 Å². The number of hydrogen-bond acceptors (Lipinski definition) is 4. The lowest BCUT2D eigenvalue weighted by Crippen LogP contribution is -2.39. The molecule has 1 spiro atoms. The number of benzene rings is 1. The Morgan fingerprint density at radius 2 is 2.20 bits per heavy atom. The Balaban J connectivity index is 1.53. The number of nitrogens with zero attached hydrogens (tertiary/aromatic N) is 4. The summed E-state index contributed by atoms with van der Waals surface area (Å²) in [6, 6.07) is 7.05. The molecule has 1 atom stereocenters. The van der Waals surface area contributed by atoms with E-state index < -0.39 is 5.60 Å². The molecule has 0 unspecified atom stereocenters. The fourth-order valence-corrected chi connectivity index (χ4v) is 3.69. The molecule has 0 radical (unpaired) electrons. The van der Waals surface area contributed by atoms with Gasteiger partial charge >= 0.3 is 6.09 Å². The van der Waals surface area contributed by atoms with Gasteiger partial charge in [-0.05, 0) is 24.3 Å². The van der Waals surface area contributed by atoms with Gasteiger partial charge in [0.2, 0.25) is 0 Å². The third-order valence-electron chi connectivity index (χ3n) is 4.70. The molecule has 1 aromatic carbocycles. The summed E-state index contributed by atoms with van der Waals surface area (Å²) in [4.78, 5) is 27.7. The molecule has 0 N–H and O–H groups in total. The van der Waals surface area contributed by atoms with Gasteiger partial charge in [0.25, 0.3) is 5.91 Å². The van der Waals surface area contributed by atoms with Gasteiger partial charge in [-0.15, -0.1) is 0 Å². The smallest absolute Gasteiger partial charge is 0.410 e. The summed E-state index contributed by atoms with van der Waals surface area (Å²) >= 11 is 6.33. The SMILES string of the molecule is CN1C[C@@]2(CCN(C(=O)c3ccc(-n4cccn4)cc3Cl)C2)OC1=O. The normalized spacial score (nSPS) is 22.7. The first-order valence-corrected chi connectivity index (χ1v) is 8.38. The average Bonchev–Trinajstić information content (AvgIpc) is 3.29. The van der Waals surface area contributed by atoms with Crippen molar-refractivity contribution in [1.82, 2.24) is 19.6 Å². The van der Waals surface area contributed by atoms with Gasteiger partial charge in [0.05, 0.1) is 29.4 Å². The summed E-state index contributed by atoms with van der Waals surface area (Å²) in [7, 11) is 1.70. The Labute approximate surface area is 149 Å². The molecule has 2 fully saturated rings. The van der Waals surface area contributed by atoms with Crippen LogP contribution in [0.2, 0.25) is 5.02 Å².